The lowest BCUT2D eigenvalue weighted by Crippen LogP contribution is -2.67. The number of fused-ring (bicyclic) bond motifs is 9. The third-order valence-electron chi connectivity index (χ3n) is 12.3. The van der Waals surface area contributed by atoms with Crippen LogP contribution in [0.25, 0.3) is 33.2 Å². The molecule has 0 saturated heterocycles. The van der Waals surface area contributed by atoms with Crippen molar-refractivity contribution in [2.75, 3.05) is 4.90 Å². The van der Waals surface area contributed by atoms with E-state index in [1.54, 1.807) is 0 Å². The number of hydrogen-bond donors (Lipinski definition) is 0. The van der Waals surface area contributed by atoms with Crippen molar-refractivity contribution < 1.29 is 4.57 Å². The Morgan fingerprint density at radius 3 is 2.19 bits per heavy atom. The highest BCUT2D eigenvalue weighted by atomic mass is 32.2. The summed E-state index contributed by atoms with van der Waals surface area (Å²) in [5, 5.41) is 2.62. The summed E-state index contributed by atoms with van der Waals surface area (Å²) < 4.78 is 2.62. The number of hydrogen-bond acceptors (Lipinski definition) is 2. The molecule has 2 unspecified atom stereocenters. The Morgan fingerprint density at radius 2 is 1.38 bits per heavy atom. The average Bonchev–Trinajstić information content (AvgIpc) is 3.11. The second-order valence-corrected chi connectivity index (χ2v) is 15.7. The van der Waals surface area contributed by atoms with Crippen molar-refractivity contribution in [1.82, 2.24) is 0 Å². The second kappa shape index (κ2) is 9.84. The van der Waals surface area contributed by atoms with Crippen molar-refractivity contribution in [2.45, 2.75) is 80.5 Å². The molecule has 3 heteroatoms. The molecule has 0 spiro atoms. The van der Waals surface area contributed by atoms with Gasteiger partial charge in [0, 0.05) is 34.6 Å². The van der Waals surface area contributed by atoms with Crippen LogP contribution in [-0.4, -0.2) is 0 Å². The Bertz CT molecular complexity index is 2280. The van der Waals surface area contributed by atoms with Crippen molar-refractivity contribution in [3.05, 3.63) is 132 Å². The van der Waals surface area contributed by atoms with Gasteiger partial charge in [-0.05, 0) is 89.0 Å². The first-order valence-electron chi connectivity index (χ1n) is 17.2. The molecule has 0 radical (unpaired) electrons. The number of anilines is 3. The Hall–Kier alpha value is -4.34. The summed E-state index contributed by atoms with van der Waals surface area (Å²) in [6.07, 6.45) is 4.50. The SMILES string of the molecule is CCC1(C)c2ccc(-c3cc4c5c(c3)C(C)(C)c3ccccc3N5c3ccccc3S4)cc2-c2c3ccccc3cc[n+]2C1(C)CC. The first-order chi connectivity index (χ1) is 22.7. The molecule has 0 aliphatic carbocycles. The molecule has 2 nitrogen and oxygen atoms in total. The van der Waals surface area contributed by atoms with Crippen LogP contribution in [0.5, 0.6) is 0 Å². The zero-order valence-electron chi connectivity index (χ0n) is 28.2. The van der Waals surface area contributed by atoms with Gasteiger partial charge >= 0.3 is 0 Å². The number of aromatic nitrogens is 1. The fraction of sp³-hybridized carbons (Fsp3) is 0.250. The van der Waals surface area contributed by atoms with E-state index in [4.69, 9.17) is 0 Å². The van der Waals surface area contributed by atoms with Gasteiger partial charge in [0.2, 0.25) is 5.69 Å². The molecule has 232 valence electrons. The third-order valence-corrected chi connectivity index (χ3v) is 13.4. The number of para-hydroxylation sites is 2. The quantitative estimate of drug-likeness (QED) is 0.180. The lowest BCUT2D eigenvalue weighted by atomic mass is 9.60. The van der Waals surface area contributed by atoms with Crippen molar-refractivity contribution in [3.63, 3.8) is 0 Å². The predicted molar refractivity (Wildman–Crippen MR) is 198 cm³/mol. The minimum absolute atomic E-state index is 0.0106. The van der Waals surface area contributed by atoms with Crippen LogP contribution in [0.2, 0.25) is 0 Å². The van der Waals surface area contributed by atoms with Gasteiger partial charge in [0.1, 0.15) is 0 Å². The van der Waals surface area contributed by atoms with Crippen LogP contribution in [0.3, 0.4) is 0 Å². The lowest BCUT2D eigenvalue weighted by Gasteiger charge is -2.46. The topological polar surface area (TPSA) is 7.12 Å². The van der Waals surface area contributed by atoms with Crippen LogP contribution in [0, 0.1) is 0 Å². The van der Waals surface area contributed by atoms with Gasteiger partial charge in [-0.3, -0.25) is 0 Å². The molecule has 0 amide bonds. The zero-order valence-corrected chi connectivity index (χ0v) is 29.0. The van der Waals surface area contributed by atoms with E-state index in [9.17, 15) is 0 Å². The third kappa shape index (κ3) is 3.67. The normalized spacial score (nSPS) is 21.4. The lowest BCUT2D eigenvalue weighted by molar-refractivity contribution is -0.764. The van der Waals surface area contributed by atoms with Crippen molar-refractivity contribution >= 4 is 39.6 Å². The summed E-state index contributed by atoms with van der Waals surface area (Å²) in [4.78, 5) is 5.15. The average molecular weight is 630 g/mol. The number of benzene rings is 5. The largest absolute Gasteiger partial charge is 0.308 e. The Morgan fingerprint density at radius 1 is 0.638 bits per heavy atom. The van der Waals surface area contributed by atoms with Gasteiger partial charge in [-0.1, -0.05) is 100 Å². The van der Waals surface area contributed by atoms with Gasteiger partial charge in [0.05, 0.1) is 33.4 Å². The molecular weight excluding hydrogens is 589 g/mol. The first-order valence-corrected chi connectivity index (χ1v) is 18.0. The van der Waals surface area contributed by atoms with Gasteiger partial charge in [0.15, 0.2) is 11.7 Å². The summed E-state index contributed by atoms with van der Waals surface area (Å²) in [5.41, 5.74) is 13.2. The van der Waals surface area contributed by atoms with Crippen molar-refractivity contribution in [2.24, 2.45) is 0 Å². The van der Waals surface area contributed by atoms with E-state index in [1.807, 2.05) is 11.8 Å². The fourth-order valence-corrected chi connectivity index (χ4v) is 10.2. The fourth-order valence-electron chi connectivity index (χ4n) is 9.11. The molecule has 47 heavy (non-hydrogen) atoms. The van der Waals surface area contributed by atoms with Gasteiger partial charge in [-0.25, -0.2) is 0 Å². The summed E-state index contributed by atoms with van der Waals surface area (Å²) in [6.45, 7) is 14.5. The van der Waals surface area contributed by atoms with Gasteiger partial charge in [-0.15, -0.1) is 0 Å². The van der Waals surface area contributed by atoms with Gasteiger partial charge < -0.3 is 4.90 Å². The zero-order chi connectivity index (χ0) is 32.3. The van der Waals surface area contributed by atoms with E-state index in [2.05, 4.69) is 166 Å². The summed E-state index contributed by atoms with van der Waals surface area (Å²) in [6, 6.07) is 41.4. The molecule has 0 N–H and O–H groups in total. The number of nitrogens with zero attached hydrogens (tertiary/aromatic N) is 2. The number of rotatable bonds is 3. The molecule has 0 bridgehead atoms. The molecule has 0 saturated carbocycles. The molecule has 3 aliphatic heterocycles. The van der Waals surface area contributed by atoms with Crippen LogP contribution in [0.1, 0.15) is 71.1 Å². The first kappa shape index (κ1) is 28.8. The molecule has 2 atom stereocenters. The van der Waals surface area contributed by atoms with E-state index in [0.717, 1.165) is 12.8 Å². The summed E-state index contributed by atoms with van der Waals surface area (Å²) >= 11 is 1.91. The van der Waals surface area contributed by atoms with Crippen LogP contribution < -0.4 is 9.47 Å². The minimum atomic E-state index is -0.142. The maximum absolute atomic E-state index is 2.62. The molecule has 3 aliphatic rings. The molecular formula is C44H41N2S+. The van der Waals surface area contributed by atoms with Gasteiger partial charge in [-0.2, -0.15) is 4.57 Å². The van der Waals surface area contributed by atoms with Gasteiger partial charge in [0.25, 0.3) is 0 Å². The van der Waals surface area contributed by atoms with Crippen LogP contribution in [-0.2, 0) is 16.4 Å². The van der Waals surface area contributed by atoms with Crippen LogP contribution in [0.15, 0.2) is 125 Å². The van der Waals surface area contributed by atoms with E-state index >= 15 is 0 Å². The monoisotopic (exact) mass is 629 g/mol. The maximum Gasteiger partial charge on any atom is 0.221 e. The van der Waals surface area contributed by atoms with Crippen molar-refractivity contribution in [1.29, 1.82) is 0 Å². The van der Waals surface area contributed by atoms with E-state index in [-0.39, 0.29) is 16.4 Å². The minimum Gasteiger partial charge on any atom is -0.308 e. The van der Waals surface area contributed by atoms with Crippen LogP contribution in [0.4, 0.5) is 17.1 Å². The summed E-state index contributed by atoms with van der Waals surface area (Å²) in [7, 11) is 0. The highest BCUT2D eigenvalue weighted by Gasteiger charge is 2.56. The molecule has 1 aromatic heterocycles. The van der Waals surface area contributed by atoms with Crippen molar-refractivity contribution in [3.8, 4) is 22.4 Å². The Balaban J connectivity index is 1.31. The molecule has 6 aromatic rings. The maximum atomic E-state index is 2.62. The Labute approximate surface area is 283 Å². The standard InChI is InChI=1S/C44H41N2S/c1-7-43(5)33-22-21-29(25-32(33)40-31-16-10-9-15-28(31)23-24-45(40)44(43,6)8-2)30-26-35-41-39(27-30)47-38-20-14-13-19-37(38)46(41)36-18-12-11-17-34(36)42(35,3)4/h9-27H,7-8H2,1-6H3/q+1. The smallest absolute Gasteiger partial charge is 0.221 e. The summed E-state index contributed by atoms with van der Waals surface area (Å²) in [5.74, 6) is 0. The highest BCUT2D eigenvalue weighted by molar-refractivity contribution is 7.99. The Kier molecular flexibility index (Phi) is 6.04. The number of pyridine rings is 1. The highest BCUT2D eigenvalue weighted by Crippen LogP contribution is 2.61. The molecule has 0 fully saturated rings. The van der Waals surface area contributed by atoms with E-state index in [1.165, 1.54) is 76.7 Å². The molecule has 4 heterocycles. The molecule has 5 aromatic carbocycles. The predicted octanol–water partition coefficient (Wildman–Crippen LogP) is 11.8. The van der Waals surface area contributed by atoms with E-state index in [0.29, 0.717) is 0 Å². The van der Waals surface area contributed by atoms with E-state index < -0.39 is 0 Å². The molecule has 9 rings (SSSR count). The second-order valence-electron chi connectivity index (χ2n) is 14.6. The van der Waals surface area contributed by atoms with Crippen LogP contribution >= 0.6 is 11.8 Å².